The summed E-state index contributed by atoms with van der Waals surface area (Å²) in [5, 5.41) is 8.72. The zero-order chi connectivity index (χ0) is 13.1. The fourth-order valence-corrected chi connectivity index (χ4v) is 1.80. The van der Waals surface area contributed by atoms with Gasteiger partial charge in [0.25, 0.3) is 0 Å². The largest absolute Gasteiger partial charge is 0.481 e. The van der Waals surface area contributed by atoms with Crippen molar-refractivity contribution in [2.45, 2.75) is 6.42 Å². The molecule has 0 heterocycles. The summed E-state index contributed by atoms with van der Waals surface area (Å²) in [6, 6.07) is 11.6. The molecule has 0 fully saturated rings. The van der Waals surface area contributed by atoms with Gasteiger partial charge in [-0.1, -0.05) is 24.3 Å². The Bertz CT molecular complexity index is 596. The normalized spacial score (nSPS) is 10.3. The quantitative estimate of drug-likeness (QED) is 0.817. The number of carboxylic acid groups (broad SMARTS) is 1. The zero-order valence-electron chi connectivity index (χ0n) is 9.56. The van der Waals surface area contributed by atoms with Gasteiger partial charge in [0.15, 0.2) is 0 Å². The van der Waals surface area contributed by atoms with Gasteiger partial charge in [-0.05, 0) is 29.3 Å². The van der Waals surface area contributed by atoms with Gasteiger partial charge in [0.2, 0.25) is 0 Å². The molecular formula is C14H12FNO2. The lowest BCUT2D eigenvalue weighted by Gasteiger charge is -2.08. The van der Waals surface area contributed by atoms with E-state index in [1.54, 1.807) is 18.2 Å². The summed E-state index contributed by atoms with van der Waals surface area (Å²) in [5.41, 5.74) is 8.04. The molecule has 4 heteroatoms. The van der Waals surface area contributed by atoms with Crippen molar-refractivity contribution in [1.82, 2.24) is 0 Å². The Labute approximate surface area is 104 Å². The third kappa shape index (κ3) is 2.48. The van der Waals surface area contributed by atoms with E-state index in [0.29, 0.717) is 11.3 Å². The number of para-hydroxylation sites is 1. The van der Waals surface area contributed by atoms with Crippen LogP contribution in [0.4, 0.5) is 10.1 Å². The van der Waals surface area contributed by atoms with Crippen LogP contribution in [0, 0.1) is 5.82 Å². The minimum Gasteiger partial charge on any atom is -0.481 e. The van der Waals surface area contributed by atoms with Crippen molar-refractivity contribution in [2.75, 3.05) is 5.73 Å². The highest BCUT2D eigenvalue weighted by Crippen LogP contribution is 2.27. The molecule has 0 aliphatic rings. The maximum Gasteiger partial charge on any atom is 0.307 e. The van der Waals surface area contributed by atoms with Crippen molar-refractivity contribution >= 4 is 11.7 Å². The lowest BCUT2D eigenvalue weighted by molar-refractivity contribution is -0.136. The van der Waals surface area contributed by atoms with E-state index < -0.39 is 11.8 Å². The van der Waals surface area contributed by atoms with Crippen molar-refractivity contribution in [3.05, 3.63) is 53.8 Å². The van der Waals surface area contributed by atoms with E-state index in [1.165, 1.54) is 12.1 Å². The van der Waals surface area contributed by atoms with E-state index in [2.05, 4.69) is 0 Å². The molecule has 3 nitrogen and oxygen atoms in total. The molecule has 0 saturated heterocycles. The van der Waals surface area contributed by atoms with Gasteiger partial charge >= 0.3 is 5.97 Å². The van der Waals surface area contributed by atoms with Gasteiger partial charge in [-0.25, -0.2) is 4.39 Å². The molecule has 0 spiro atoms. The SMILES string of the molecule is Nc1ccccc1-c1ccc(F)c(CC(=O)O)c1. The van der Waals surface area contributed by atoms with Crippen LogP contribution < -0.4 is 5.73 Å². The second-order valence-electron chi connectivity index (χ2n) is 3.96. The molecule has 0 aliphatic heterocycles. The third-order valence-electron chi connectivity index (χ3n) is 2.66. The molecule has 2 aromatic rings. The summed E-state index contributed by atoms with van der Waals surface area (Å²) in [4.78, 5) is 10.6. The third-order valence-corrected chi connectivity index (χ3v) is 2.66. The smallest absolute Gasteiger partial charge is 0.307 e. The van der Waals surface area contributed by atoms with Gasteiger partial charge in [-0.3, -0.25) is 4.79 Å². The van der Waals surface area contributed by atoms with Gasteiger partial charge in [-0.15, -0.1) is 0 Å². The monoisotopic (exact) mass is 245 g/mol. The first-order valence-corrected chi connectivity index (χ1v) is 5.43. The number of nitrogens with two attached hydrogens (primary N) is 1. The van der Waals surface area contributed by atoms with Crippen molar-refractivity contribution in [3.8, 4) is 11.1 Å². The maximum absolute atomic E-state index is 13.5. The first-order valence-electron chi connectivity index (χ1n) is 5.43. The molecule has 92 valence electrons. The standard InChI is InChI=1S/C14H12FNO2/c15-12-6-5-9(7-10(12)8-14(17)18)11-3-1-2-4-13(11)16/h1-7H,8,16H2,(H,17,18). The fraction of sp³-hybridized carbons (Fsp3) is 0.0714. The van der Waals surface area contributed by atoms with Crippen LogP contribution in [0.5, 0.6) is 0 Å². The highest BCUT2D eigenvalue weighted by Gasteiger charge is 2.09. The van der Waals surface area contributed by atoms with E-state index >= 15 is 0 Å². The minimum absolute atomic E-state index is 0.156. The van der Waals surface area contributed by atoms with Gasteiger partial charge < -0.3 is 10.8 Å². The fourth-order valence-electron chi connectivity index (χ4n) is 1.80. The molecule has 18 heavy (non-hydrogen) atoms. The number of hydrogen-bond donors (Lipinski definition) is 2. The maximum atomic E-state index is 13.5. The molecular weight excluding hydrogens is 233 g/mol. The highest BCUT2D eigenvalue weighted by molar-refractivity contribution is 5.77. The number of carbonyl (C=O) groups is 1. The molecule has 0 atom stereocenters. The van der Waals surface area contributed by atoms with Gasteiger partial charge in [0.05, 0.1) is 6.42 Å². The van der Waals surface area contributed by atoms with Crippen LogP contribution in [-0.4, -0.2) is 11.1 Å². The summed E-state index contributed by atoms with van der Waals surface area (Å²) in [6.45, 7) is 0. The molecule has 0 saturated carbocycles. The number of nitrogen functional groups attached to an aromatic ring is 1. The predicted molar refractivity (Wildman–Crippen MR) is 67.6 cm³/mol. The molecule has 0 unspecified atom stereocenters. The highest BCUT2D eigenvalue weighted by atomic mass is 19.1. The van der Waals surface area contributed by atoms with Crippen LogP contribution in [-0.2, 0) is 11.2 Å². The Kier molecular flexibility index (Phi) is 3.28. The van der Waals surface area contributed by atoms with Crippen LogP contribution in [0.3, 0.4) is 0 Å². The Morgan fingerprint density at radius 1 is 1.22 bits per heavy atom. The number of anilines is 1. The van der Waals surface area contributed by atoms with E-state index in [1.807, 2.05) is 12.1 Å². The molecule has 0 bridgehead atoms. The van der Waals surface area contributed by atoms with Crippen LogP contribution in [0.1, 0.15) is 5.56 Å². The van der Waals surface area contributed by atoms with E-state index in [0.717, 1.165) is 5.56 Å². The van der Waals surface area contributed by atoms with Crippen LogP contribution in [0.15, 0.2) is 42.5 Å². The molecule has 2 aromatic carbocycles. The van der Waals surface area contributed by atoms with Crippen LogP contribution in [0.25, 0.3) is 11.1 Å². The van der Waals surface area contributed by atoms with Gasteiger partial charge in [0, 0.05) is 11.3 Å². The lowest BCUT2D eigenvalue weighted by atomic mass is 10.00. The topological polar surface area (TPSA) is 63.3 Å². The Hall–Kier alpha value is -2.36. The van der Waals surface area contributed by atoms with Gasteiger partial charge in [0.1, 0.15) is 5.82 Å². The molecule has 0 aliphatic carbocycles. The summed E-state index contributed by atoms with van der Waals surface area (Å²) in [6.07, 6.45) is -0.341. The van der Waals surface area contributed by atoms with Crippen molar-refractivity contribution in [1.29, 1.82) is 0 Å². The van der Waals surface area contributed by atoms with E-state index in [4.69, 9.17) is 10.8 Å². The summed E-state index contributed by atoms with van der Waals surface area (Å²) in [5.74, 6) is -1.58. The lowest BCUT2D eigenvalue weighted by Crippen LogP contribution is -2.02. The average molecular weight is 245 g/mol. The van der Waals surface area contributed by atoms with E-state index in [-0.39, 0.29) is 12.0 Å². The van der Waals surface area contributed by atoms with Crippen molar-refractivity contribution < 1.29 is 14.3 Å². The predicted octanol–water partition coefficient (Wildman–Crippen LogP) is 2.70. The number of rotatable bonds is 3. The van der Waals surface area contributed by atoms with Gasteiger partial charge in [-0.2, -0.15) is 0 Å². The molecule has 0 aromatic heterocycles. The number of hydrogen-bond acceptors (Lipinski definition) is 2. The number of aliphatic carboxylic acids is 1. The van der Waals surface area contributed by atoms with Crippen molar-refractivity contribution in [2.24, 2.45) is 0 Å². The Balaban J connectivity index is 2.47. The van der Waals surface area contributed by atoms with Crippen LogP contribution >= 0.6 is 0 Å². The Morgan fingerprint density at radius 3 is 2.61 bits per heavy atom. The number of halogens is 1. The molecule has 0 amide bonds. The minimum atomic E-state index is -1.06. The summed E-state index contributed by atoms with van der Waals surface area (Å²) < 4.78 is 13.5. The number of benzene rings is 2. The molecule has 3 N–H and O–H groups in total. The summed E-state index contributed by atoms with van der Waals surface area (Å²) >= 11 is 0. The first kappa shape index (κ1) is 12.1. The van der Waals surface area contributed by atoms with Crippen LogP contribution in [0.2, 0.25) is 0 Å². The second-order valence-corrected chi connectivity index (χ2v) is 3.96. The average Bonchev–Trinajstić information content (AvgIpc) is 2.32. The summed E-state index contributed by atoms with van der Waals surface area (Å²) in [7, 11) is 0. The zero-order valence-corrected chi connectivity index (χ0v) is 9.56. The first-order chi connectivity index (χ1) is 8.58. The molecule has 0 radical (unpaired) electrons. The Morgan fingerprint density at radius 2 is 1.94 bits per heavy atom. The van der Waals surface area contributed by atoms with Crippen molar-refractivity contribution in [3.63, 3.8) is 0 Å². The second kappa shape index (κ2) is 4.87. The molecule has 2 rings (SSSR count). The number of carboxylic acids is 1. The van der Waals surface area contributed by atoms with E-state index in [9.17, 15) is 9.18 Å².